The number of primary sulfonamides is 1. The van der Waals surface area contributed by atoms with Crippen molar-refractivity contribution in [3.8, 4) is 16.9 Å². The number of nitrogens with two attached hydrogens (primary N) is 1. The van der Waals surface area contributed by atoms with Crippen molar-refractivity contribution in [2.45, 2.75) is 11.5 Å². The molecular formula is C20H16FN3O3S. The molecule has 0 saturated heterocycles. The molecule has 0 atom stereocenters. The quantitative estimate of drug-likeness (QED) is 0.538. The van der Waals surface area contributed by atoms with Crippen LogP contribution in [0.2, 0.25) is 0 Å². The third kappa shape index (κ3) is 3.73. The highest BCUT2D eigenvalue weighted by Crippen LogP contribution is 2.28. The van der Waals surface area contributed by atoms with Crippen LogP contribution in [-0.4, -0.2) is 18.4 Å². The molecule has 0 amide bonds. The number of ether oxygens (including phenoxy) is 1. The van der Waals surface area contributed by atoms with E-state index in [-0.39, 0.29) is 17.3 Å². The van der Waals surface area contributed by atoms with Gasteiger partial charge in [0.15, 0.2) is 0 Å². The highest BCUT2D eigenvalue weighted by atomic mass is 32.2. The van der Waals surface area contributed by atoms with Crippen molar-refractivity contribution >= 4 is 21.1 Å². The van der Waals surface area contributed by atoms with Gasteiger partial charge < -0.3 is 9.72 Å². The van der Waals surface area contributed by atoms with E-state index in [2.05, 4.69) is 9.97 Å². The van der Waals surface area contributed by atoms with Gasteiger partial charge in [0.1, 0.15) is 24.0 Å². The highest BCUT2D eigenvalue weighted by molar-refractivity contribution is 7.89. The lowest BCUT2D eigenvalue weighted by Gasteiger charge is -2.07. The van der Waals surface area contributed by atoms with Crippen molar-refractivity contribution in [1.82, 2.24) is 9.97 Å². The molecule has 0 aliphatic carbocycles. The fraction of sp³-hybridized carbons (Fsp3) is 0.0500. The molecule has 4 rings (SSSR count). The summed E-state index contributed by atoms with van der Waals surface area (Å²) >= 11 is 0. The number of aromatic nitrogens is 2. The molecule has 0 radical (unpaired) electrons. The maximum Gasteiger partial charge on any atom is 0.238 e. The van der Waals surface area contributed by atoms with Crippen molar-refractivity contribution in [1.29, 1.82) is 0 Å². The zero-order chi connectivity index (χ0) is 19.7. The number of H-pyrrole nitrogens is 1. The first kappa shape index (κ1) is 18.1. The second-order valence-electron chi connectivity index (χ2n) is 6.20. The van der Waals surface area contributed by atoms with Crippen LogP contribution in [0.25, 0.3) is 22.2 Å². The van der Waals surface area contributed by atoms with E-state index in [1.807, 2.05) is 6.07 Å². The first-order chi connectivity index (χ1) is 13.4. The van der Waals surface area contributed by atoms with E-state index in [9.17, 15) is 12.8 Å². The molecule has 3 N–H and O–H groups in total. The summed E-state index contributed by atoms with van der Waals surface area (Å²) in [5, 5.41) is 5.33. The Bertz CT molecular complexity index is 1250. The van der Waals surface area contributed by atoms with Crippen LogP contribution < -0.4 is 9.88 Å². The third-order valence-electron chi connectivity index (χ3n) is 4.23. The maximum atomic E-state index is 12.9. The molecule has 0 spiro atoms. The Morgan fingerprint density at radius 3 is 2.54 bits per heavy atom. The minimum Gasteiger partial charge on any atom is -0.486 e. The Labute approximate surface area is 160 Å². The van der Waals surface area contributed by atoms with Gasteiger partial charge in [-0.1, -0.05) is 24.3 Å². The summed E-state index contributed by atoms with van der Waals surface area (Å²) < 4.78 is 42.3. The fourth-order valence-electron chi connectivity index (χ4n) is 2.93. The lowest BCUT2D eigenvalue weighted by Crippen LogP contribution is -2.13. The molecule has 4 aromatic rings. The predicted octanol–water partition coefficient (Wildman–Crippen LogP) is 3.60. The van der Waals surface area contributed by atoms with Crippen LogP contribution >= 0.6 is 0 Å². The van der Waals surface area contributed by atoms with Gasteiger partial charge in [0.05, 0.1) is 15.9 Å². The second-order valence-corrected chi connectivity index (χ2v) is 7.73. The van der Waals surface area contributed by atoms with Gasteiger partial charge in [0, 0.05) is 5.56 Å². The summed E-state index contributed by atoms with van der Waals surface area (Å²) in [4.78, 5) is 7.70. The van der Waals surface area contributed by atoms with Crippen molar-refractivity contribution in [3.63, 3.8) is 0 Å². The molecule has 1 aromatic heterocycles. The van der Waals surface area contributed by atoms with Crippen LogP contribution in [0.4, 0.5) is 4.39 Å². The Kier molecular flexibility index (Phi) is 4.58. The minimum atomic E-state index is -3.85. The number of halogens is 1. The average Bonchev–Trinajstić information content (AvgIpc) is 3.09. The van der Waals surface area contributed by atoms with Crippen LogP contribution in [0, 0.1) is 5.82 Å². The number of nitrogens with zero attached hydrogens (tertiary/aromatic N) is 1. The highest BCUT2D eigenvalue weighted by Gasteiger charge is 2.15. The Balaban J connectivity index is 1.63. The van der Waals surface area contributed by atoms with Gasteiger partial charge in [0.2, 0.25) is 10.0 Å². The van der Waals surface area contributed by atoms with Crippen LogP contribution in [0.1, 0.15) is 5.82 Å². The monoisotopic (exact) mass is 397 g/mol. The number of nitrogens with one attached hydrogen (secondary N) is 1. The van der Waals surface area contributed by atoms with Crippen molar-refractivity contribution in [3.05, 3.63) is 78.4 Å². The van der Waals surface area contributed by atoms with Gasteiger partial charge in [-0.2, -0.15) is 0 Å². The van der Waals surface area contributed by atoms with Crippen LogP contribution in [0.3, 0.4) is 0 Å². The van der Waals surface area contributed by atoms with Crippen molar-refractivity contribution < 1.29 is 17.5 Å². The average molecular weight is 397 g/mol. The molecule has 0 saturated carbocycles. The number of benzene rings is 3. The molecule has 0 aliphatic heterocycles. The lowest BCUT2D eigenvalue weighted by molar-refractivity contribution is 0.297. The van der Waals surface area contributed by atoms with E-state index >= 15 is 0 Å². The Morgan fingerprint density at radius 1 is 1.04 bits per heavy atom. The number of hydrogen-bond acceptors (Lipinski definition) is 4. The second kappa shape index (κ2) is 7.06. The van der Waals surface area contributed by atoms with Gasteiger partial charge in [0.25, 0.3) is 0 Å². The van der Waals surface area contributed by atoms with Gasteiger partial charge in [-0.05, 0) is 48.0 Å². The van der Waals surface area contributed by atoms with Crippen molar-refractivity contribution in [2.75, 3.05) is 0 Å². The maximum absolute atomic E-state index is 12.9. The number of aromatic amines is 1. The van der Waals surface area contributed by atoms with Crippen LogP contribution in [0.5, 0.6) is 5.75 Å². The number of rotatable bonds is 5. The SMILES string of the molecule is NS(=O)(=O)c1ccccc1-c1ccc2[nH]c(COc3ccc(F)cc3)nc2c1. The molecule has 0 unspecified atom stereocenters. The van der Waals surface area contributed by atoms with E-state index in [1.165, 1.54) is 18.2 Å². The van der Waals surface area contributed by atoms with E-state index in [0.29, 0.717) is 28.2 Å². The Hall–Kier alpha value is -3.23. The molecule has 8 heteroatoms. The molecule has 6 nitrogen and oxygen atoms in total. The van der Waals surface area contributed by atoms with E-state index in [4.69, 9.17) is 9.88 Å². The summed E-state index contributed by atoms with van der Waals surface area (Å²) in [5.74, 6) is 0.796. The topological polar surface area (TPSA) is 98.1 Å². The van der Waals surface area contributed by atoms with Crippen LogP contribution in [-0.2, 0) is 16.6 Å². The molecule has 0 bridgehead atoms. The first-order valence-electron chi connectivity index (χ1n) is 8.39. The molecule has 0 fully saturated rings. The molecule has 142 valence electrons. The summed E-state index contributed by atoms with van der Waals surface area (Å²) in [6.45, 7) is 0.184. The molecule has 3 aromatic carbocycles. The number of imidazole rings is 1. The van der Waals surface area contributed by atoms with Gasteiger partial charge in [-0.3, -0.25) is 0 Å². The van der Waals surface area contributed by atoms with Gasteiger partial charge >= 0.3 is 0 Å². The first-order valence-corrected chi connectivity index (χ1v) is 9.94. The summed E-state index contributed by atoms with van der Waals surface area (Å²) in [7, 11) is -3.85. The standard InChI is InChI=1S/C20H16FN3O3S/c21-14-6-8-15(9-7-14)27-12-20-23-17-10-5-13(11-18(17)24-20)16-3-1-2-4-19(16)28(22,25)26/h1-11H,12H2,(H,23,24)(H2,22,25,26). The lowest BCUT2D eigenvalue weighted by atomic mass is 10.1. The van der Waals surface area contributed by atoms with Crippen molar-refractivity contribution in [2.24, 2.45) is 5.14 Å². The summed E-state index contributed by atoms with van der Waals surface area (Å²) in [6, 6.07) is 17.7. The van der Waals surface area contributed by atoms with E-state index in [0.717, 1.165) is 5.52 Å². The number of fused-ring (bicyclic) bond motifs is 1. The zero-order valence-electron chi connectivity index (χ0n) is 14.6. The third-order valence-corrected chi connectivity index (χ3v) is 5.19. The van der Waals surface area contributed by atoms with Gasteiger partial charge in [-0.25, -0.2) is 22.9 Å². The minimum absolute atomic E-state index is 0.0600. The van der Waals surface area contributed by atoms with E-state index < -0.39 is 10.0 Å². The normalized spacial score (nSPS) is 11.6. The molecular weight excluding hydrogens is 381 g/mol. The molecule has 28 heavy (non-hydrogen) atoms. The van der Waals surface area contributed by atoms with E-state index in [1.54, 1.807) is 42.5 Å². The van der Waals surface area contributed by atoms with Crippen LogP contribution in [0.15, 0.2) is 71.6 Å². The van der Waals surface area contributed by atoms with Gasteiger partial charge in [-0.15, -0.1) is 0 Å². The zero-order valence-corrected chi connectivity index (χ0v) is 15.4. The number of sulfonamides is 1. The predicted molar refractivity (Wildman–Crippen MR) is 104 cm³/mol. The largest absolute Gasteiger partial charge is 0.486 e. The summed E-state index contributed by atoms with van der Waals surface area (Å²) in [5.41, 5.74) is 2.66. The Morgan fingerprint density at radius 2 is 1.79 bits per heavy atom. The molecule has 0 aliphatic rings. The number of hydrogen-bond donors (Lipinski definition) is 2. The smallest absolute Gasteiger partial charge is 0.238 e. The fourth-order valence-corrected chi connectivity index (χ4v) is 3.69. The summed E-state index contributed by atoms with van der Waals surface area (Å²) in [6.07, 6.45) is 0. The molecule has 1 heterocycles.